The molecule has 5 nitrogen and oxygen atoms in total. The minimum absolute atomic E-state index is 0.0340. The summed E-state index contributed by atoms with van der Waals surface area (Å²) in [6, 6.07) is 9.09. The van der Waals surface area contributed by atoms with Crippen LogP contribution < -0.4 is 5.32 Å². The van der Waals surface area contributed by atoms with Crippen LogP contribution in [0.3, 0.4) is 0 Å². The molecule has 0 saturated heterocycles. The molecule has 0 radical (unpaired) electrons. The highest BCUT2D eigenvalue weighted by Gasteiger charge is 2.29. The number of sulfone groups is 1. The summed E-state index contributed by atoms with van der Waals surface area (Å²) in [6.07, 6.45) is 0.580. The van der Waals surface area contributed by atoms with E-state index in [0.717, 1.165) is 17.0 Å². The molecular weight excluding hydrogens is 276 g/mol. The van der Waals surface area contributed by atoms with Crippen molar-refractivity contribution < 1.29 is 12.9 Å². The van der Waals surface area contributed by atoms with Crippen LogP contribution in [0.25, 0.3) is 0 Å². The molecule has 0 fully saturated rings. The van der Waals surface area contributed by atoms with Gasteiger partial charge in [0, 0.05) is 18.7 Å². The second kappa shape index (κ2) is 5.03. The van der Waals surface area contributed by atoms with Crippen molar-refractivity contribution in [3.63, 3.8) is 0 Å². The average Bonchev–Trinajstić information content (AvgIpc) is 2.84. The molecule has 0 amide bonds. The first-order chi connectivity index (χ1) is 9.56. The van der Waals surface area contributed by atoms with Gasteiger partial charge < -0.3 is 9.84 Å². The second-order valence-electron chi connectivity index (χ2n) is 5.01. The Labute approximate surface area is 117 Å². The van der Waals surface area contributed by atoms with E-state index in [0.29, 0.717) is 17.9 Å². The average molecular weight is 292 g/mol. The Kier molecular flexibility index (Phi) is 3.35. The van der Waals surface area contributed by atoms with E-state index >= 15 is 0 Å². The van der Waals surface area contributed by atoms with Gasteiger partial charge in [0.25, 0.3) is 0 Å². The molecule has 1 unspecified atom stereocenters. The lowest BCUT2D eigenvalue weighted by molar-refractivity contribution is 0.384. The maximum absolute atomic E-state index is 12.0. The molecule has 1 atom stereocenters. The lowest BCUT2D eigenvalue weighted by atomic mass is 10.0. The molecule has 6 heteroatoms. The fourth-order valence-electron chi connectivity index (χ4n) is 2.53. The standard InChI is InChI=1S/C14H16N2O3S/c1-10-8-11(16-19-10)9-15-13-6-7-20(17,18)14-5-3-2-4-12(13)14/h2-5,8,13,15H,6-7,9H2,1H3. The molecule has 0 bridgehead atoms. The summed E-state index contributed by atoms with van der Waals surface area (Å²) in [5.74, 6) is 0.952. The molecule has 106 valence electrons. The Morgan fingerprint density at radius 2 is 2.20 bits per heavy atom. The molecule has 0 saturated carbocycles. The number of aromatic nitrogens is 1. The van der Waals surface area contributed by atoms with Crippen LogP contribution in [0.15, 0.2) is 39.8 Å². The van der Waals surface area contributed by atoms with Gasteiger partial charge in [-0.05, 0) is 25.0 Å². The summed E-state index contributed by atoms with van der Waals surface area (Å²) in [5, 5.41) is 7.29. The summed E-state index contributed by atoms with van der Waals surface area (Å²) in [4.78, 5) is 0.445. The van der Waals surface area contributed by atoms with Crippen molar-refractivity contribution in [3.8, 4) is 0 Å². The molecule has 1 aliphatic rings. The quantitative estimate of drug-likeness (QED) is 0.936. The summed E-state index contributed by atoms with van der Waals surface area (Å²) in [5.41, 5.74) is 1.67. The van der Waals surface area contributed by atoms with Gasteiger partial charge in [0.05, 0.1) is 16.3 Å². The number of fused-ring (bicyclic) bond motifs is 1. The Morgan fingerprint density at radius 3 is 2.95 bits per heavy atom. The highest BCUT2D eigenvalue weighted by Crippen LogP contribution is 2.31. The smallest absolute Gasteiger partial charge is 0.178 e. The normalized spacial score (nSPS) is 20.6. The van der Waals surface area contributed by atoms with Crippen molar-refractivity contribution in [1.82, 2.24) is 10.5 Å². The van der Waals surface area contributed by atoms with Crippen molar-refractivity contribution in [2.24, 2.45) is 0 Å². The van der Waals surface area contributed by atoms with E-state index in [4.69, 9.17) is 4.52 Å². The van der Waals surface area contributed by atoms with Crippen molar-refractivity contribution in [1.29, 1.82) is 0 Å². The van der Waals surface area contributed by atoms with Crippen molar-refractivity contribution in [2.45, 2.75) is 30.8 Å². The van der Waals surface area contributed by atoms with Gasteiger partial charge in [-0.2, -0.15) is 0 Å². The predicted molar refractivity (Wildman–Crippen MR) is 73.9 cm³/mol. The predicted octanol–water partition coefficient (Wildman–Crippen LogP) is 1.99. The number of hydrogen-bond donors (Lipinski definition) is 1. The van der Waals surface area contributed by atoms with Gasteiger partial charge in [-0.25, -0.2) is 8.42 Å². The lowest BCUT2D eigenvalue weighted by Crippen LogP contribution is -2.29. The topological polar surface area (TPSA) is 72.2 Å². The molecule has 0 aliphatic carbocycles. The van der Waals surface area contributed by atoms with Crippen LogP contribution in [-0.4, -0.2) is 19.3 Å². The monoisotopic (exact) mass is 292 g/mol. The third kappa shape index (κ3) is 2.48. The number of aryl methyl sites for hydroxylation is 1. The molecule has 1 N–H and O–H groups in total. The van der Waals surface area contributed by atoms with Crippen molar-refractivity contribution in [2.75, 3.05) is 5.75 Å². The molecule has 1 aromatic heterocycles. The first kappa shape index (κ1) is 13.3. The van der Waals surface area contributed by atoms with Gasteiger partial charge in [0.1, 0.15) is 5.76 Å². The summed E-state index contributed by atoms with van der Waals surface area (Å²) in [7, 11) is -3.13. The van der Waals surface area contributed by atoms with Crippen molar-refractivity contribution >= 4 is 9.84 Å². The van der Waals surface area contributed by atoms with E-state index in [1.165, 1.54) is 0 Å². The zero-order valence-electron chi connectivity index (χ0n) is 11.2. The molecular formula is C14H16N2O3S. The third-order valence-corrected chi connectivity index (χ3v) is 5.33. The highest BCUT2D eigenvalue weighted by molar-refractivity contribution is 7.91. The zero-order valence-corrected chi connectivity index (χ0v) is 12.0. The zero-order chi connectivity index (χ0) is 14.2. The SMILES string of the molecule is Cc1cc(CNC2CCS(=O)(=O)c3ccccc32)no1. The van der Waals surface area contributed by atoms with E-state index in [9.17, 15) is 8.42 Å². The van der Waals surface area contributed by atoms with E-state index in [-0.39, 0.29) is 11.8 Å². The number of rotatable bonds is 3. The molecule has 1 aliphatic heterocycles. The first-order valence-corrected chi connectivity index (χ1v) is 8.19. The van der Waals surface area contributed by atoms with Crippen LogP contribution in [0, 0.1) is 6.92 Å². The van der Waals surface area contributed by atoms with Crippen LogP contribution in [-0.2, 0) is 16.4 Å². The highest BCUT2D eigenvalue weighted by atomic mass is 32.2. The lowest BCUT2D eigenvalue weighted by Gasteiger charge is -2.26. The number of nitrogens with zero attached hydrogens (tertiary/aromatic N) is 1. The van der Waals surface area contributed by atoms with Crippen LogP contribution >= 0.6 is 0 Å². The van der Waals surface area contributed by atoms with Crippen LogP contribution in [0.2, 0.25) is 0 Å². The molecule has 2 heterocycles. The maximum atomic E-state index is 12.0. The summed E-state index contributed by atoms with van der Waals surface area (Å²) < 4.78 is 29.1. The number of nitrogens with one attached hydrogen (secondary N) is 1. The minimum atomic E-state index is -3.13. The van der Waals surface area contributed by atoms with E-state index in [1.54, 1.807) is 12.1 Å². The number of hydrogen-bond acceptors (Lipinski definition) is 5. The van der Waals surface area contributed by atoms with Gasteiger partial charge in [0.2, 0.25) is 0 Å². The molecule has 20 heavy (non-hydrogen) atoms. The van der Waals surface area contributed by atoms with E-state index in [2.05, 4.69) is 10.5 Å². The second-order valence-corrected chi connectivity index (χ2v) is 7.09. The Bertz CT molecular complexity index is 722. The fourth-order valence-corrected chi connectivity index (χ4v) is 4.15. The summed E-state index contributed by atoms with van der Waals surface area (Å²) >= 11 is 0. The van der Waals surface area contributed by atoms with Gasteiger partial charge in [0.15, 0.2) is 9.84 Å². The van der Waals surface area contributed by atoms with Crippen molar-refractivity contribution in [3.05, 3.63) is 47.3 Å². The largest absolute Gasteiger partial charge is 0.361 e. The van der Waals surface area contributed by atoms with E-state index in [1.807, 2.05) is 25.1 Å². The minimum Gasteiger partial charge on any atom is -0.361 e. The Hall–Kier alpha value is -1.66. The van der Waals surface area contributed by atoms with Gasteiger partial charge in [-0.3, -0.25) is 0 Å². The first-order valence-electron chi connectivity index (χ1n) is 6.53. The van der Waals surface area contributed by atoms with Crippen LogP contribution in [0.4, 0.5) is 0 Å². The summed E-state index contributed by atoms with van der Waals surface area (Å²) in [6.45, 7) is 2.41. The molecule has 3 rings (SSSR count). The maximum Gasteiger partial charge on any atom is 0.178 e. The van der Waals surface area contributed by atoms with Gasteiger partial charge in [-0.1, -0.05) is 23.4 Å². The molecule has 1 aromatic carbocycles. The van der Waals surface area contributed by atoms with Crippen LogP contribution in [0.5, 0.6) is 0 Å². The molecule has 2 aromatic rings. The van der Waals surface area contributed by atoms with E-state index < -0.39 is 9.84 Å². The number of benzene rings is 1. The van der Waals surface area contributed by atoms with Crippen LogP contribution in [0.1, 0.15) is 29.5 Å². The fraction of sp³-hybridized carbons (Fsp3) is 0.357. The Morgan fingerprint density at radius 1 is 1.40 bits per heavy atom. The van der Waals surface area contributed by atoms with Gasteiger partial charge >= 0.3 is 0 Å². The Balaban J connectivity index is 1.82. The molecule has 0 spiro atoms. The third-order valence-electron chi connectivity index (χ3n) is 3.51. The van der Waals surface area contributed by atoms with Gasteiger partial charge in [-0.15, -0.1) is 0 Å².